The summed E-state index contributed by atoms with van der Waals surface area (Å²) >= 11 is 0. The molecule has 27 heavy (non-hydrogen) atoms. The summed E-state index contributed by atoms with van der Waals surface area (Å²) in [6.07, 6.45) is -0.635. The molecule has 0 saturated carbocycles. The van der Waals surface area contributed by atoms with Crippen LogP contribution in [0.25, 0.3) is 11.4 Å². The topological polar surface area (TPSA) is 146 Å². The molecule has 2 aromatic rings. The monoisotopic (exact) mass is 371 g/mol. The Balaban J connectivity index is 2.38. The largest absolute Gasteiger partial charge is 0.477 e. The van der Waals surface area contributed by atoms with Crippen molar-refractivity contribution in [1.29, 1.82) is 5.26 Å². The molecular formula is C17H17N5O5. The molecule has 0 unspecified atom stereocenters. The van der Waals surface area contributed by atoms with Crippen LogP contribution in [0.5, 0.6) is 5.88 Å². The maximum atomic E-state index is 11.6. The van der Waals surface area contributed by atoms with E-state index in [2.05, 4.69) is 25.3 Å². The van der Waals surface area contributed by atoms with Gasteiger partial charge in [-0.05, 0) is 12.1 Å². The quantitative estimate of drug-likeness (QED) is 0.616. The Morgan fingerprint density at radius 2 is 2.11 bits per heavy atom. The number of aromatic carboxylic acids is 1. The third-order valence-electron chi connectivity index (χ3n) is 3.37. The van der Waals surface area contributed by atoms with Crippen molar-refractivity contribution in [2.24, 2.45) is 0 Å². The maximum absolute atomic E-state index is 11.6. The lowest BCUT2D eigenvalue weighted by molar-refractivity contribution is 0.0691. The molecule has 140 valence electrons. The first-order valence-electron chi connectivity index (χ1n) is 7.78. The van der Waals surface area contributed by atoms with E-state index < -0.39 is 12.1 Å². The Bertz CT molecular complexity index is 894. The summed E-state index contributed by atoms with van der Waals surface area (Å²) < 4.78 is 9.89. The van der Waals surface area contributed by atoms with Crippen LogP contribution in [0, 0.1) is 11.3 Å². The summed E-state index contributed by atoms with van der Waals surface area (Å²) in [5.41, 5.74) is 0.699. The second-order valence-electron chi connectivity index (χ2n) is 5.09. The normalized spacial score (nSPS) is 9.81. The van der Waals surface area contributed by atoms with E-state index in [9.17, 15) is 14.7 Å². The minimum Gasteiger partial charge on any atom is -0.477 e. The van der Waals surface area contributed by atoms with Gasteiger partial charge in [0.2, 0.25) is 5.88 Å². The average Bonchev–Trinajstić information content (AvgIpc) is 2.69. The van der Waals surface area contributed by atoms with Crippen molar-refractivity contribution in [1.82, 2.24) is 15.3 Å². The highest BCUT2D eigenvalue weighted by atomic mass is 16.5. The van der Waals surface area contributed by atoms with E-state index >= 15 is 0 Å². The van der Waals surface area contributed by atoms with Crippen molar-refractivity contribution < 1.29 is 24.2 Å². The number of ether oxygens (including phenoxy) is 2. The number of nitrogens with zero attached hydrogens (tertiary/aromatic N) is 3. The summed E-state index contributed by atoms with van der Waals surface area (Å²) in [7, 11) is 2.75. The number of carbonyl (C=O) groups excluding carboxylic acids is 1. The van der Waals surface area contributed by atoms with Crippen LogP contribution in [0.1, 0.15) is 15.9 Å². The smallest absolute Gasteiger partial charge is 0.406 e. The lowest BCUT2D eigenvalue weighted by atomic mass is 10.1. The number of aromatic nitrogens is 2. The standard InChI is InChI=1S/C17H17N5O5/c1-19-14-12(16(23)24)15(27-7-6-20-17(25)26-2)22-13(21-14)11-5-3-4-10(8-11)9-18/h3-5,8H,6-7H2,1-2H3,(H,20,25)(H,23,24)(H,19,21,22). The second kappa shape index (κ2) is 9.00. The van der Waals surface area contributed by atoms with E-state index in [1.165, 1.54) is 14.2 Å². The highest BCUT2D eigenvalue weighted by Crippen LogP contribution is 2.27. The fourth-order valence-corrected chi connectivity index (χ4v) is 2.15. The molecule has 1 aromatic carbocycles. The second-order valence-corrected chi connectivity index (χ2v) is 5.09. The van der Waals surface area contributed by atoms with Crippen molar-refractivity contribution in [2.75, 3.05) is 32.6 Å². The summed E-state index contributed by atoms with van der Waals surface area (Å²) in [5, 5.41) is 23.6. The van der Waals surface area contributed by atoms with Crippen molar-refractivity contribution in [3.05, 3.63) is 35.4 Å². The number of carboxylic acids is 1. The number of amides is 1. The predicted molar refractivity (Wildman–Crippen MR) is 94.6 cm³/mol. The number of benzene rings is 1. The van der Waals surface area contributed by atoms with Gasteiger partial charge in [0, 0.05) is 12.6 Å². The zero-order valence-corrected chi connectivity index (χ0v) is 14.6. The molecule has 1 amide bonds. The molecular weight excluding hydrogens is 354 g/mol. The zero-order chi connectivity index (χ0) is 19.8. The molecule has 10 heteroatoms. The Morgan fingerprint density at radius 1 is 1.33 bits per heavy atom. The first kappa shape index (κ1) is 19.5. The van der Waals surface area contributed by atoms with Gasteiger partial charge in [-0.1, -0.05) is 12.1 Å². The van der Waals surface area contributed by atoms with Gasteiger partial charge in [0.25, 0.3) is 0 Å². The van der Waals surface area contributed by atoms with Crippen LogP contribution >= 0.6 is 0 Å². The van der Waals surface area contributed by atoms with Crippen molar-refractivity contribution in [2.45, 2.75) is 0 Å². The Labute approximate surface area is 154 Å². The van der Waals surface area contributed by atoms with Crippen molar-refractivity contribution in [3.63, 3.8) is 0 Å². The SMILES string of the molecule is CNc1nc(-c2cccc(C#N)c2)nc(OCCNC(=O)OC)c1C(=O)O. The number of methoxy groups -OCH3 is 1. The van der Waals surface area contributed by atoms with Crippen LogP contribution in [-0.4, -0.2) is 54.4 Å². The van der Waals surface area contributed by atoms with E-state index in [1.807, 2.05) is 6.07 Å². The van der Waals surface area contributed by atoms with Gasteiger partial charge >= 0.3 is 12.1 Å². The lowest BCUT2D eigenvalue weighted by Gasteiger charge is -2.13. The molecule has 0 radical (unpaired) electrons. The highest BCUT2D eigenvalue weighted by Gasteiger charge is 2.22. The number of hydrogen-bond acceptors (Lipinski definition) is 8. The van der Waals surface area contributed by atoms with Crippen molar-refractivity contribution >= 4 is 17.9 Å². The van der Waals surface area contributed by atoms with Gasteiger partial charge < -0.3 is 25.2 Å². The maximum Gasteiger partial charge on any atom is 0.406 e. The molecule has 2 rings (SSSR count). The first-order valence-corrected chi connectivity index (χ1v) is 7.78. The number of anilines is 1. The average molecular weight is 371 g/mol. The molecule has 0 spiro atoms. The first-order chi connectivity index (χ1) is 13.0. The van der Waals surface area contributed by atoms with E-state index in [0.717, 1.165) is 0 Å². The molecule has 10 nitrogen and oxygen atoms in total. The Hall–Kier alpha value is -3.87. The number of nitriles is 1. The van der Waals surface area contributed by atoms with Crippen LogP contribution in [0.4, 0.5) is 10.6 Å². The van der Waals surface area contributed by atoms with Gasteiger partial charge in [-0.3, -0.25) is 0 Å². The minimum absolute atomic E-state index is 0.0345. The van der Waals surface area contributed by atoms with Crippen LogP contribution in [0.2, 0.25) is 0 Å². The fourth-order valence-electron chi connectivity index (χ4n) is 2.15. The number of carboxylic acid groups (broad SMARTS) is 1. The number of alkyl carbamates (subject to hydrolysis) is 1. The minimum atomic E-state index is -1.27. The van der Waals surface area contributed by atoms with Gasteiger partial charge in [-0.2, -0.15) is 10.2 Å². The molecule has 3 N–H and O–H groups in total. The van der Waals surface area contributed by atoms with Gasteiger partial charge in [0.1, 0.15) is 12.4 Å². The fraction of sp³-hybridized carbons (Fsp3) is 0.235. The van der Waals surface area contributed by atoms with E-state index in [1.54, 1.807) is 24.3 Å². The van der Waals surface area contributed by atoms with Gasteiger partial charge in [-0.25, -0.2) is 14.6 Å². The molecule has 0 aliphatic heterocycles. The molecule has 0 fully saturated rings. The number of carbonyl (C=O) groups is 2. The highest BCUT2D eigenvalue weighted by molar-refractivity contribution is 5.96. The van der Waals surface area contributed by atoms with E-state index in [-0.39, 0.29) is 36.2 Å². The Morgan fingerprint density at radius 3 is 2.74 bits per heavy atom. The van der Waals surface area contributed by atoms with E-state index in [4.69, 9.17) is 10.00 Å². The summed E-state index contributed by atoms with van der Waals surface area (Å²) in [4.78, 5) is 31.0. The van der Waals surface area contributed by atoms with Crippen LogP contribution in [0.15, 0.2) is 24.3 Å². The number of hydrogen-bond donors (Lipinski definition) is 3. The molecule has 1 heterocycles. The molecule has 1 aromatic heterocycles. The number of rotatable bonds is 7. The van der Waals surface area contributed by atoms with Crippen LogP contribution in [0.3, 0.4) is 0 Å². The molecule has 0 aliphatic rings. The molecule has 0 aliphatic carbocycles. The van der Waals surface area contributed by atoms with Gasteiger partial charge in [-0.15, -0.1) is 0 Å². The molecule has 0 bridgehead atoms. The Kier molecular flexibility index (Phi) is 6.49. The zero-order valence-electron chi connectivity index (χ0n) is 14.6. The summed E-state index contributed by atoms with van der Waals surface area (Å²) in [6, 6.07) is 8.59. The van der Waals surface area contributed by atoms with Crippen LogP contribution < -0.4 is 15.4 Å². The van der Waals surface area contributed by atoms with Crippen molar-refractivity contribution in [3.8, 4) is 23.3 Å². The summed E-state index contributed by atoms with van der Waals surface area (Å²) in [5.74, 6) is -1.18. The van der Waals surface area contributed by atoms with Gasteiger partial charge in [0.05, 0.1) is 25.3 Å². The van der Waals surface area contributed by atoms with E-state index in [0.29, 0.717) is 11.1 Å². The third-order valence-corrected chi connectivity index (χ3v) is 3.37. The summed E-state index contributed by atoms with van der Waals surface area (Å²) in [6.45, 7) is 0.0527. The molecule has 0 saturated heterocycles. The third kappa shape index (κ3) is 4.82. The molecule has 0 atom stereocenters. The lowest BCUT2D eigenvalue weighted by Crippen LogP contribution is -2.28. The van der Waals surface area contributed by atoms with Gasteiger partial charge in [0.15, 0.2) is 11.4 Å². The predicted octanol–water partition coefficient (Wildman–Crippen LogP) is 1.49. The number of nitrogens with one attached hydrogen (secondary N) is 2. The van der Waals surface area contributed by atoms with Crippen LogP contribution in [-0.2, 0) is 4.74 Å².